The van der Waals surface area contributed by atoms with E-state index in [-0.39, 0.29) is 6.04 Å². The monoisotopic (exact) mass is 230 g/mol. The van der Waals surface area contributed by atoms with Crippen molar-refractivity contribution in [3.63, 3.8) is 0 Å². The first kappa shape index (κ1) is 11.9. The smallest absolute Gasteiger partial charge is 0.120 e. The van der Waals surface area contributed by atoms with E-state index in [9.17, 15) is 0 Å². The van der Waals surface area contributed by atoms with Crippen molar-refractivity contribution in [2.75, 3.05) is 6.61 Å². The highest BCUT2D eigenvalue weighted by molar-refractivity contribution is 5.79. The second kappa shape index (κ2) is 5.15. The van der Waals surface area contributed by atoms with Gasteiger partial charge >= 0.3 is 0 Å². The topological polar surface area (TPSA) is 48.1 Å². The summed E-state index contributed by atoms with van der Waals surface area (Å²) in [6, 6.07) is 9.91. The van der Waals surface area contributed by atoms with E-state index < -0.39 is 0 Å². The average molecular weight is 230 g/mol. The van der Waals surface area contributed by atoms with Crippen LogP contribution in [0.25, 0.3) is 10.9 Å². The van der Waals surface area contributed by atoms with Crippen molar-refractivity contribution in [1.29, 1.82) is 0 Å². The van der Waals surface area contributed by atoms with Gasteiger partial charge in [-0.05, 0) is 30.2 Å². The van der Waals surface area contributed by atoms with E-state index in [1.54, 1.807) is 6.20 Å². The summed E-state index contributed by atoms with van der Waals surface area (Å²) in [6.07, 6.45) is 1.79. The highest BCUT2D eigenvalue weighted by atomic mass is 16.5. The zero-order valence-corrected chi connectivity index (χ0v) is 10.3. The zero-order valence-electron chi connectivity index (χ0n) is 10.3. The molecule has 0 bridgehead atoms. The highest BCUT2D eigenvalue weighted by Gasteiger charge is 2.08. The lowest BCUT2D eigenvalue weighted by molar-refractivity contribution is 0.260. The van der Waals surface area contributed by atoms with Gasteiger partial charge in [0.05, 0.1) is 5.52 Å². The van der Waals surface area contributed by atoms with Crippen LogP contribution >= 0.6 is 0 Å². The summed E-state index contributed by atoms with van der Waals surface area (Å²) in [6.45, 7) is 4.74. The van der Waals surface area contributed by atoms with Crippen molar-refractivity contribution in [2.24, 2.45) is 11.7 Å². The Hall–Kier alpha value is -1.61. The molecule has 0 spiro atoms. The molecule has 1 atom stereocenters. The Morgan fingerprint density at radius 2 is 2.12 bits per heavy atom. The van der Waals surface area contributed by atoms with Crippen LogP contribution in [0.1, 0.15) is 13.8 Å². The van der Waals surface area contributed by atoms with E-state index in [1.165, 1.54) is 0 Å². The number of aromatic nitrogens is 1. The summed E-state index contributed by atoms with van der Waals surface area (Å²) in [5.74, 6) is 1.28. The Bertz CT molecular complexity index is 496. The van der Waals surface area contributed by atoms with Crippen LogP contribution in [0, 0.1) is 5.92 Å². The van der Waals surface area contributed by atoms with Crippen LogP contribution in [0.4, 0.5) is 0 Å². The first-order chi connectivity index (χ1) is 8.16. The Kier molecular flexibility index (Phi) is 3.59. The summed E-state index contributed by atoms with van der Waals surface area (Å²) < 4.78 is 5.68. The molecule has 3 heteroatoms. The summed E-state index contributed by atoms with van der Waals surface area (Å²) in [4.78, 5) is 4.27. The molecular formula is C14H18N2O. The van der Waals surface area contributed by atoms with Crippen molar-refractivity contribution < 1.29 is 4.74 Å². The van der Waals surface area contributed by atoms with E-state index in [1.807, 2.05) is 30.3 Å². The SMILES string of the molecule is CC(C)[C@@H](N)COc1ccc2ncccc2c1. The van der Waals surface area contributed by atoms with E-state index in [0.29, 0.717) is 12.5 Å². The third-order valence-electron chi connectivity index (χ3n) is 2.87. The number of benzene rings is 1. The molecule has 2 aromatic rings. The minimum atomic E-state index is 0.0691. The molecule has 2 rings (SSSR count). The Balaban J connectivity index is 2.09. The van der Waals surface area contributed by atoms with Gasteiger partial charge in [-0.25, -0.2) is 0 Å². The van der Waals surface area contributed by atoms with Gasteiger partial charge in [0, 0.05) is 17.6 Å². The van der Waals surface area contributed by atoms with Gasteiger partial charge in [0.15, 0.2) is 0 Å². The number of hydrogen-bond donors (Lipinski definition) is 1. The van der Waals surface area contributed by atoms with Crippen molar-refractivity contribution in [3.8, 4) is 5.75 Å². The van der Waals surface area contributed by atoms with Gasteiger partial charge in [-0.3, -0.25) is 4.98 Å². The number of fused-ring (bicyclic) bond motifs is 1. The number of nitrogens with two attached hydrogens (primary N) is 1. The maximum Gasteiger partial charge on any atom is 0.120 e. The van der Waals surface area contributed by atoms with Gasteiger partial charge in [0.1, 0.15) is 12.4 Å². The van der Waals surface area contributed by atoms with Gasteiger partial charge in [-0.1, -0.05) is 19.9 Å². The fraction of sp³-hybridized carbons (Fsp3) is 0.357. The molecule has 1 aromatic heterocycles. The molecule has 0 amide bonds. The zero-order chi connectivity index (χ0) is 12.3. The number of ether oxygens (including phenoxy) is 1. The van der Waals surface area contributed by atoms with Crippen molar-refractivity contribution >= 4 is 10.9 Å². The molecule has 0 saturated carbocycles. The van der Waals surface area contributed by atoms with Gasteiger partial charge in [0.2, 0.25) is 0 Å². The minimum absolute atomic E-state index is 0.0691. The highest BCUT2D eigenvalue weighted by Crippen LogP contribution is 2.19. The lowest BCUT2D eigenvalue weighted by Crippen LogP contribution is -2.32. The Morgan fingerprint density at radius 1 is 1.29 bits per heavy atom. The lowest BCUT2D eigenvalue weighted by Gasteiger charge is -2.16. The van der Waals surface area contributed by atoms with Gasteiger partial charge < -0.3 is 10.5 Å². The molecule has 0 aliphatic heterocycles. The fourth-order valence-electron chi connectivity index (χ4n) is 1.53. The predicted molar refractivity (Wildman–Crippen MR) is 70.1 cm³/mol. The Morgan fingerprint density at radius 3 is 2.88 bits per heavy atom. The molecular weight excluding hydrogens is 212 g/mol. The molecule has 0 saturated heterocycles. The lowest BCUT2D eigenvalue weighted by atomic mass is 10.1. The van der Waals surface area contributed by atoms with Crippen LogP contribution in [0.5, 0.6) is 5.75 Å². The van der Waals surface area contributed by atoms with Gasteiger partial charge in [0.25, 0.3) is 0 Å². The van der Waals surface area contributed by atoms with Gasteiger partial charge in [-0.15, -0.1) is 0 Å². The molecule has 0 aliphatic carbocycles. The van der Waals surface area contributed by atoms with Crippen LogP contribution in [0.15, 0.2) is 36.5 Å². The standard InChI is InChI=1S/C14H18N2O/c1-10(2)13(15)9-17-12-5-6-14-11(8-12)4-3-7-16-14/h3-8,10,13H,9,15H2,1-2H3/t13-/m0/s1. The van der Waals surface area contributed by atoms with Crippen molar-refractivity contribution in [3.05, 3.63) is 36.5 Å². The van der Waals surface area contributed by atoms with Crippen LogP contribution in [0.2, 0.25) is 0 Å². The maximum absolute atomic E-state index is 5.94. The van der Waals surface area contributed by atoms with E-state index in [4.69, 9.17) is 10.5 Å². The second-order valence-electron chi connectivity index (χ2n) is 4.58. The molecule has 2 N–H and O–H groups in total. The number of nitrogens with zero attached hydrogens (tertiary/aromatic N) is 1. The van der Waals surface area contributed by atoms with Crippen LogP contribution in [-0.2, 0) is 0 Å². The third kappa shape index (κ3) is 2.94. The molecule has 1 aromatic carbocycles. The maximum atomic E-state index is 5.94. The first-order valence-electron chi connectivity index (χ1n) is 5.90. The summed E-state index contributed by atoms with van der Waals surface area (Å²) in [5, 5.41) is 1.09. The van der Waals surface area contributed by atoms with Crippen molar-refractivity contribution in [1.82, 2.24) is 4.98 Å². The van der Waals surface area contributed by atoms with E-state index >= 15 is 0 Å². The number of rotatable bonds is 4. The van der Waals surface area contributed by atoms with E-state index in [0.717, 1.165) is 16.7 Å². The minimum Gasteiger partial charge on any atom is -0.492 e. The molecule has 1 heterocycles. The summed E-state index contributed by atoms with van der Waals surface area (Å²) in [7, 11) is 0. The molecule has 3 nitrogen and oxygen atoms in total. The third-order valence-corrected chi connectivity index (χ3v) is 2.87. The summed E-state index contributed by atoms with van der Waals surface area (Å²) in [5.41, 5.74) is 6.92. The number of hydrogen-bond acceptors (Lipinski definition) is 3. The molecule has 0 fully saturated rings. The van der Waals surface area contributed by atoms with Crippen LogP contribution in [-0.4, -0.2) is 17.6 Å². The normalized spacial score (nSPS) is 12.9. The molecule has 90 valence electrons. The summed E-state index contributed by atoms with van der Waals surface area (Å²) >= 11 is 0. The van der Waals surface area contributed by atoms with Gasteiger partial charge in [-0.2, -0.15) is 0 Å². The van der Waals surface area contributed by atoms with Crippen LogP contribution < -0.4 is 10.5 Å². The van der Waals surface area contributed by atoms with Crippen LogP contribution in [0.3, 0.4) is 0 Å². The molecule has 17 heavy (non-hydrogen) atoms. The van der Waals surface area contributed by atoms with Crippen molar-refractivity contribution in [2.45, 2.75) is 19.9 Å². The quantitative estimate of drug-likeness (QED) is 0.878. The fourth-order valence-corrected chi connectivity index (χ4v) is 1.53. The predicted octanol–water partition coefficient (Wildman–Crippen LogP) is 2.60. The molecule has 0 aliphatic rings. The van der Waals surface area contributed by atoms with E-state index in [2.05, 4.69) is 18.8 Å². The Labute approximate surface area is 102 Å². The molecule has 0 unspecified atom stereocenters. The largest absolute Gasteiger partial charge is 0.492 e. The molecule has 0 radical (unpaired) electrons. The first-order valence-corrected chi connectivity index (χ1v) is 5.90. The second-order valence-corrected chi connectivity index (χ2v) is 4.58. The average Bonchev–Trinajstić information content (AvgIpc) is 2.35. The number of pyridine rings is 1.